The number of fused-ring (bicyclic) bond motifs is 6. The summed E-state index contributed by atoms with van der Waals surface area (Å²) in [6.07, 6.45) is 0. The van der Waals surface area contributed by atoms with Crippen LogP contribution in [-0.2, 0) is 0 Å². The topological polar surface area (TPSA) is 9.86 Å². The predicted octanol–water partition coefficient (Wildman–Crippen LogP) is 10.9. The highest BCUT2D eigenvalue weighted by Gasteiger charge is 2.41. The lowest BCUT2D eigenvalue weighted by Crippen LogP contribution is -2.74. The minimum atomic E-state index is -2.84. The molecule has 11 rings (SSSR count). The fraction of sp³-hybridized carbons (Fsp3) is 0. The van der Waals surface area contributed by atoms with E-state index in [1.807, 2.05) is 0 Å². The van der Waals surface area contributed by atoms with Crippen molar-refractivity contribution in [1.29, 1.82) is 0 Å². The van der Waals surface area contributed by atoms with E-state index < -0.39 is 8.07 Å². The zero-order chi connectivity index (χ0) is 37.8. The van der Waals surface area contributed by atoms with Crippen LogP contribution in [0.5, 0.6) is 0 Å². The summed E-state index contributed by atoms with van der Waals surface area (Å²) < 4.78 is 4.82. The molecule has 0 fully saturated rings. The van der Waals surface area contributed by atoms with Gasteiger partial charge >= 0.3 is 0 Å². The van der Waals surface area contributed by atoms with Crippen molar-refractivity contribution in [3.63, 3.8) is 0 Å². The van der Waals surface area contributed by atoms with Gasteiger partial charge in [-0.25, -0.2) is 0 Å². The van der Waals surface area contributed by atoms with Crippen molar-refractivity contribution < 1.29 is 0 Å². The molecule has 0 unspecified atom stereocenters. The third kappa shape index (κ3) is 5.24. The van der Waals surface area contributed by atoms with Crippen LogP contribution in [0.15, 0.2) is 231 Å². The summed E-state index contributed by atoms with van der Waals surface area (Å²) in [7, 11) is -2.84. The van der Waals surface area contributed by atoms with Crippen molar-refractivity contribution in [2.24, 2.45) is 0 Å². The third-order valence-corrected chi connectivity index (χ3v) is 16.6. The molecule has 268 valence electrons. The minimum absolute atomic E-state index is 1.17. The van der Waals surface area contributed by atoms with Crippen LogP contribution >= 0.6 is 0 Å². The van der Waals surface area contributed by atoms with Gasteiger partial charge in [-0.1, -0.05) is 176 Å². The van der Waals surface area contributed by atoms with Crippen molar-refractivity contribution in [2.45, 2.75) is 0 Å². The number of hydrogen-bond acceptors (Lipinski definition) is 0. The third-order valence-electron chi connectivity index (χ3n) is 11.9. The van der Waals surface area contributed by atoms with E-state index >= 15 is 0 Å². The molecule has 9 aromatic carbocycles. The lowest BCUT2D eigenvalue weighted by atomic mass is 10.0. The van der Waals surface area contributed by atoms with Gasteiger partial charge in [0.05, 0.1) is 22.1 Å². The maximum Gasteiger partial charge on any atom is 0.179 e. The number of nitrogens with zero attached hydrogens (tertiary/aromatic N) is 2. The summed E-state index contributed by atoms with van der Waals surface area (Å²) in [5, 5.41) is 10.5. The fourth-order valence-corrected chi connectivity index (χ4v) is 14.1. The molecule has 2 nitrogen and oxygen atoms in total. The van der Waals surface area contributed by atoms with E-state index in [2.05, 4.69) is 240 Å². The summed E-state index contributed by atoms with van der Waals surface area (Å²) in [5.41, 5.74) is 9.64. The first-order chi connectivity index (χ1) is 28.3. The van der Waals surface area contributed by atoms with Crippen molar-refractivity contribution in [3.8, 4) is 22.5 Å². The lowest BCUT2D eigenvalue weighted by Gasteiger charge is -2.34. The molecule has 11 aromatic rings. The van der Waals surface area contributed by atoms with Crippen molar-refractivity contribution in [3.05, 3.63) is 231 Å². The second-order valence-corrected chi connectivity index (χ2v) is 18.7. The molecule has 57 heavy (non-hydrogen) atoms. The molecule has 3 heteroatoms. The molecular formula is C54H38N2Si. The largest absolute Gasteiger partial charge is 0.309 e. The quantitative estimate of drug-likeness (QED) is 0.114. The van der Waals surface area contributed by atoms with Crippen LogP contribution in [0.25, 0.3) is 66.1 Å². The van der Waals surface area contributed by atoms with Crippen LogP contribution < -0.4 is 20.7 Å². The standard InChI is InChI=1S/C54H38N2Si/c1-5-17-41(18-6-1)55-52-28-16-14-26-48(52)50-37-40(31-36-53(50)55)39-29-32-45(33-30-39)57(43-21-9-3-10-22-43,44-23-11-4-12-24-44)46-34-35-49-47-25-13-15-27-51(47)56(54(49)38-46)42-19-7-2-8-20-42/h1-38H. The Morgan fingerprint density at radius 1 is 0.246 bits per heavy atom. The Hall–Kier alpha value is -7.20. The molecule has 0 radical (unpaired) electrons. The highest BCUT2D eigenvalue weighted by Crippen LogP contribution is 2.35. The van der Waals surface area contributed by atoms with Gasteiger partial charge in [0.25, 0.3) is 0 Å². The molecule has 0 aliphatic carbocycles. The summed E-state index contributed by atoms with van der Waals surface area (Å²) in [6.45, 7) is 0. The van der Waals surface area contributed by atoms with E-state index in [0.717, 1.165) is 0 Å². The second kappa shape index (κ2) is 13.5. The van der Waals surface area contributed by atoms with Gasteiger partial charge in [-0.3, -0.25) is 0 Å². The molecule has 0 aliphatic rings. The van der Waals surface area contributed by atoms with E-state index in [9.17, 15) is 0 Å². The Labute approximate surface area is 333 Å². The van der Waals surface area contributed by atoms with Crippen LogP contribution in [0, 0.1) is 0 Å². The van der Waals surface area contributed by atoms with Crippen LogP contribution in [0.1, 0.15) is 0 Å². The molecule has 2 aromatic heterocycles. The minimum Gasteiger partial charge on any atom is -0.309 e. The maximum absolute atomic E-state index is 2.84. The average molecular weight is 743 g/mol. The van der Waals surface area contributed by atoms with Gasteiger partial charge < -0.3 is 9.13 Å². The Morgan fingerprint density at radius 2 is 0.649 bits per heavy atom. The lowest BCUT2D eigenvalue weighted by molar-refractivity contribution is 1.18. The van der Waals surface area contributed by atoms with Crippen molar-refractivity contribution in [1.82, 2.24) is 9.13 Å². The number of hydrogen-bond donors (Lipinski definition) is 0. The Bertz CT molecular complexity index is 3160. The molecule has 2 heterocycles. The van der Waals surface area contributed by atoms with Crippen LogP contribution in [0.4, 0.5) is 0 Å². The molecule has 0 atom stereocenters. The van der Waals surface area contributed by atoms with Gasteiger partial charge in [-0.05, 0) is 86.5 Å². The van der Waals surface area contributed by atoms with Crippen LogP contribution in [-0.4, -0.2) is 17.2 Å². The molecule has 0 amide bonds. The molecule has 0 saturated carbocycles. The first-order valence-electron chi connectivity index (χ1n) is 19.7. The van der Waals surface area contributed by atoms with Gasteiger partial charge in [-0.2, -0.15) is 0 Å². The molecule has 0 N–H and O–H groups in total. The number of benzene rings is 9. The molecular weight excluding hydrogens is 705 g/mol. The maximum atomic E-state index is 2.50. The summed E-state index contributed by atoms with van der Waals surface area (Å²) >= 11 is 0. The van der Waals surface area contributed by atoms with Crippen LogP contribution in [0.3, 0.4) is 0 Å². The summed E-state index contributed by atoms with van der Waals surface area (Å²) in [4.78, 5) is 0. The van der Waals surface area contributed by atoms with Gasteiger partial charge in [0.1, 0.15) is 0 Å². The highest BCUT2D eigenvalue weighted by atomic mass is 28.3. The van der Waals surface area contributed by atoms with E-state index in [4.69, 9.17) is 0 Å². The first-order valence-corrected chi connectivity index (χ1v) is 21.7. The van der Waals surface area contributed by atoms with Crippen molar-refractivity contribution in [2.75, 3.05) is 0 Å². The van der Waals surface area contributed by atoms with E-state index in [1.165, 1.54) is 86.9 Å². The van der Waals surface area contributed by atoms with Gasteiger partial charge in [0, 0.05) is 32.9 Å². The zero-order valence-corrected chi connectivity index (χ0v) is 32.3. The van der Waals surface area contributed by atoms with Gasteiger partial charge in [0.15, 0.2) is 8.07 Å². The van der Waals surface area contributed by atoms with Gasteiger partial charge in [-0.15, -0.1) is 0 Å². The summed E-state index contributed by atoms with van der Waals surface area (Å²) in [5.74, 6) is 0. The van der Waals surface area contributed by atoms with E-state index in [0.29, 0.717) is 0 Å². The monoisotopic (exact) mass is 742 g/mol. The SMILES string of the molecule is c1ccc(-n2c3ccccc3c3cc(-c4ccc([Si](c5ccccc5)(c5ccccc5)c5ccc6c7ccccc7n(-c7ccccc7)c6c5)cc4)ccc32)cc1. The first kappa shape index (κ1) is 33.2. The number of rotatable bonds is 7. The predicted molar refractivity (Wildman–Crippen MR) is 244 cm³/mol. The molecule has 0 saturated heterocycles. The smallest absolute Gasteiger partial charge is 0.179 e. The molecule has 0 bridgehead atoms. The van der Waals surface area contributed by atoms with Gasteiger partial charge in [0.2, 0.25) is 0 Å². The van der Waals surface area contributed by atoms with Crippen LogP contribution in [0.2, 0.25) is 0 Å². The number of para-hydroxylation sites is 4. The highest BCUT2D eigenvalue weighted by molar-refractivity contribution is 7.20. The summed E-state index contributed by atoms with van der Waals surface area (Å²) in [6, 6.07) is 85.3. The Morgan fingerprint density at radius 3 is 1.23 bits per heavy atom. The Balaban J connectivity index is 1.13. The molecule has 0 spiro atoms. The fourth-order valence-electron chi connectivity index (χ4n) is 9.36. The normalized spacial score (nSPS) is 11.9. The zero-order valence-electron chi connectivity index (χ0n) is 31.3. The average Bonchev–Trinajstić information content (AvgIpc) is 3.80. The van der Waals surface area contributed by atoms with E-state index in [1.54, 1.807) is 0 Å². The number of aromatic nitrogens is 2. The molecule has 0 aliphatic heterocycles. The second-order valence-electron chi connectivity index (χ2n) is 14.9. The Kier molecular flexibility index (Phi) is 7.87. The van der Waals surface area contributed by atoms with E-state index in [-0.39, 0.29) is 0 Å². The van der Waals surface area contributed by atoms with Crippen molar-refractivity contribution >= 4 is 72.4 Å².